The predicted octanol–water partition coefficient (Wildman–Crippen LogP) is 8.88. The minimum Gasteiger partial charge on any atom is -0.0622 e. The molecule has 0 aliphatic heterocycles. The van der Waals surface area contributed by atoms with Gasteiger partial charge in [-0.2, -0.15) is 6.08 Å². The molecule has 45 heavy (non-hydrogen) atoms. The summed E-state index contributed by atoms with van der Waals surface area (Å²) in [6.45, 7) is 0. The summed E-state index contributed by atoms with van der Waals surface area (Å²) in [5, 5.41) is 8.39. The van der Waals surface area contributed by atoms with Crippen LogP contribution in [0.4, 0.5) is 0 Å². The molecule has 0 nitrogen and oxygen atoms in total. The zero-order valence-corrected chi connectivity index (χ0v) is 29.2. The van der Waals surface area contributed by atoms with Crippen molar-refractivity contribution in [3.63, 3.8) is 0 Å². The largest absolute Gasteiger partial charge is 0.0622 e. The van der Waals surface area contributed by atoms with E-state index in [1.807, 2.05) is 29.5 Å². The summed E-state index contributed by atoms with van der Waals surface area (Å²) in [6.07, 6.45) is 10.0. The Kier molecular flexibility index (Phi) is 15.7. The van der Waals surface area contributed by atoms with Crippen LogP contribution in [0.2, 0.25) is 0 Å². The molecule has 224 valence electrons. The molecule has 0 N–H and O–H groups in total. The fourth-order valence-electron chi connectivity index (χ4n) is 4.70. The third-order valence-electron chi connectivity index (χ3n) is 6.67. The maximum Gasteiger partial charge on any atom is -0.0134 e. The molecule has 0 saturated carbocycles. The molecule has 4 heteroatoms. The van der Waals surface area contributed by atoms with Crippen LogP contribution in [-0.2, 0) is 17.3 Å². The van der Waals surface area contributed by atoms with Gasteiger partial charge in [0, 0.05) is 0 Å². The fourth-order valence-corrected chi connectivity index (χ4v) is 9.31. The van der Waals surface area contributed by atoms with Crippen LogP contribution in [0.3, 0.4) is 0 Å². The Hall–Kier alpha value is -3.43. The Labute approximate surface area is 285 Å². The first-order valence-electron chi connectivity index (χ1n) is 14.7. The summed E-state index contributed by atoms with van der Waals surface area (Å²) < 4.78 is 0. The normalized spacial score (nSPS) is 11.0. The Bertz CT molecular complexity index is 1350. The molecule has 0 saturated heterocycles. The van der Waals surface area contributed by atoms with E-state index < -0.39 is 15.8 Å². The summed E-state index contributed by atoms with van der Waals surface area (Å²) in [5.41, 5.74) is 0. The van der Waals surface area contributed by atoms with Gasteiger partial charge in [-0.05, 0) is 47.7 Å². The number of hydrogen-bond acceptors (Lipinski definition) is 0. The van der Waals surface area contributed by atoms with E-state index in [9.17, 15) is 0 Å². The minimum atomic E-state index is -0.446. The van der Waals surface area contributed by atoms with Crippen molar-refractivity contribution in [3.05, 3.63) is 206 Å². The van der Waals surface area contributed by atoms with Crippen molar-refractivity contribution in [1.29, 1.82) is 0 Å². The Morgan fingerprint density at radius 3 is 0.733 bits per heavy atom. The molecule has 0 fully saturated rings. The number of allylic oxidation sites excluding steroid dienone is 4. The monoisotopic (exact) mass is 726 g/mol. The van der Waals surface area contributed by atoms with Gasteiger partial charge < -0.3 is 0 Å². The van der Waals surface area contributed by atoms with E-state index in [1.165, 1.54) is 31.8 Å². The molecule has 0 bridgehead atoms. The smallest absolute Gasteiger partial charge is 0.0134 e. The summed E-state index contributed by atoms with van der Waals surface area (Å²) in [4.78, 5) is 0. The third-order valence-corrected chi connectivity index (χ3v) is 11.6. The molecule has 1 aliphatic rings. The second kappa shape index (κ2) is 20.6. The summed E-state index contributed by atoms with van der Waals surface area (Å²) >= 11 is 1.82. The van der Waals surface area contributed by atoms with E-state index in [-0.39, 0.29) is 0 Å². The Morgan fingerprint density at radius 1 is 0.378 bits per heavy atom. The van der Waals surface area contributed by atoms with Gasteiger partial charge in [0.15, 0.2) is 0 Å². The molecule has 0 spiro atoms. The molecule has 0 unspecified atom stereocenters. The average molecular weight is 726 g/mol. The van der Waals surface area contributed by atoms with E-state index >= 15 is 0 Å². The summed E-state index contributed by atoms with van der Waals surface area (Å²) in [5.74, 6) is 0. The topological polar surface area (TPSA) is 0 Å². The van der Waals surface area contributed by atoms with Crippen molar-refractivity contribution >= 4 is 57.4 Å². The Balaban J connectivity index is 0.000000169. The minimum absolute atomic E-state index is 0.446. The molecule has 6 aromatic carbocycles. The number of rotatable bonds is 6. The van der Waals surface area contributed by atoms with Gasteiger partial charge in [-0.3, -0.25) is 6.08 Å². The van der Waals surface area contributed by atoms with Gasteiger partial charge in [-0.25, -0.2) is 12.2 Å². The van der Waals surface area contributed by atoms with Crippen LogP contribution in [0, 0.1) is 6.08 Å². The number of benzene rings is 6. The Morgan fingerprint density at radius 2 is 0.600 bits per heavy atom. The van der Waals surface area contributed by atoms with Crippen LogP contribution in [-0.4, -0.2) is 0 Å². The second-order valence-electron chi connectivity index (χ2n) is 9.69. The molecular weight excluding hydrogens is 691 g/mol. The van der Waals surface area contributed by atoms with E-state index in [4.69, 9.17) is 0 Å². The zero-order valence-electron chi connectivity index (χ0n) is 24.9. The maximum atomic E-state index is 4.57. The molecule has 0 radical (unpaired) electrons. The molecule has 0 amide bonds. The molecule has 6 aromatic rings. The van der Waals surface area contributed by atoms with Crippen molar-refractivity contribution in [3.8, 4) is 0 Å². The third kappa shape index (κ3) is 11.2. The molecular formula is C41H35ClP2Ru. The van der Waals surface area contributed by atoms with Crippen LogP contribution in [0.1, 0.15) is 6.42 Å². The second-order valence-corrected chi connectivity index (χ2v) is 14.1. The molecule has 0 heterocycles. The van der Waals surface area contributed by atoms with Crippen LogP contribution in [0.5, 0.6) is 0 Å². The molecule has 7 rings (SSSR count). The predicted molar refractivity (Wildman–Crippen MR) is 198 cm³/mol. The van der Waals surface area contributed by atoms with E-state index in [0.717, 1.165) is 6.42 Å². The molecule has 0 aromatic heterocycles. The zero-order chi connectivity index (χ0) is 31.4. The van der Waals surface area contributed by atoms with Gasteiger partial charge in [0.25, 0.3) is 0 Å². The van der Waals surface area contributed by atoms with Gasteiger partial charge in [0.1, 0.15) is 0 Å². The van der Waals surface area contributed by atoms with Gasteiger partial charge in [0.05, 0.1) is 0 Å². The maximum absolute atomic E-state index is 4.57. The number of hydrogen-bond donors (Lipinski definition) is 0. The fraction of sp³-hybridized carbons (Fsp3) is 0.0244. The average Bonchev–Trinajstić information content (AvgIpc) is 3.74. The van der Waals surface area contributed by atoms with E-state index in [0.29, 0.717) is 0 Å². The molecule has 0 atom stereocenters. The van der Waals surface area contributed by atoms with Crippen molar-refractivity contribution < 1.29 is 17.3 Å². The van der Waals surface area contributed by atoms with Crippen molar-refractivity contribution in [1.82, 2.24) is 0 Å². The van der Waals surface area contributed by atoms with Gasteiger partial charge in [-0.1, -0.05) is 182 Å². The van der Waals surface area contributed by atoms with Crippen LogP contribution >= 0.6 is 25.5 Å². The molecule has 1 aliphatic carbocycles. The van der Waals surface area contributed by atoms with Crippen LogP contribution in [0.25, 0.3) is 0 Å². The van der Waals surface area contributed by atoms with Gasteiger partial charge >= 0.3 is 27.0 Å². The van der Waals surface area contributed by atoms with E-state index in [1.54, 1.807) is 0 Å². The standard InChI is InChI=1S/2C18H15P.C5H5.ClH.Ru/c2*1-4-10-16(11-5-1)19(17-12-6-2-7-13-17)18-14-8-3-9-15-18;1-2-4-5-3-1;;/h2*1-15H;1-3H,4H2;1H;/q;;-1;;+2/p-1. The van der Waals surface area contributed by atoms with Crippen molar-refractivity contribution in [2.45, 2.75) is 6.42 Å². The van der Waals surface area contributed by atoms with Crippen molar-refractivity contribution in [2.75, 3.05) is 0 Å². The van der Waals surface area contributed by atoms with Gasteiger partial charge in [-0.15, -0.1) is 6.42 Å². The first-order valence-corrected chi connectivity index (χ1v) is 19.6. The van der Waals surface area contributed by atoms with Crippen LogP contribution in [0.15, 0.2) is 200 Å². The first-order chi connectivity index (χ1) is 22.4. The van der Waals surface area contributed by atoms with Crippen molar-refractivity contribution in [2.24, 2.45) is 0 Å². The number of halogens is 1. The summed E-state index contributed by atoms with van der Waals surface area (Å²) in [6, 6.07) is 64.7. The van der Waals surface area contributed by atoms with Gasteiger partial charge in [0.2, 0.25) is 0 Å². The van der Waals surface area contributed by atoms with Crippen LogP contribution < -0.4 is 31.8 Å². The first kappa shape index (κ1) is 34.4. The SMILES string of the molecule is [C-]1=CC=CC1.[Cl][Ru+].c1ccc(P(c2ccccc2)c2ccccc2)cc1.c1ccc(P(c2ccccc2)c2ccccc2)cc1. The summed E-state index contributed by atoms with van der Waals surface area (Å²) in [7, 11) is 3.68. The van der Waals surface area contributed by atoms with E-state index in [2.05, 4.69) is 204 Å². The quantitative estimate of drug-likeness (QED) is 0.0915.